The topological polar surface area (TPSA) is 52.7 Å². The molecular formula is C25H31N3O2. The Morgan fingerprint density at radius 2 is 1.70 bits per heavy atom. The number of rotatable bonds is 5. The zero-order chi connectivity index (χ0) is 20.9. The molecule has 2 aliphatic rings. The Labute approximate surface area is 179 Å². The predicted molar refractivity (Wildman–Crippen MR) is 121 cm³/mol. The molecule has 30 heavy (non-hydrogen) atoms. The lowest BCUT2D eigenvalue weighted by molar-refractivity contribution is -0.128. The molecule has 0 aromatic heterocycles. The molecule has 1 aliphatic carbocycles. The molecular weight excluding hydrogens is 374 g/mol. The van der Waals surface area contributed by atoms with E-state index in [0.29, 0.717) is 19.3 Å². The fourth-order valence-electron chi connectivity index (χ4n) is 4.48. The van der Waals surface area contributed by atoms with Crippen molar-refractivity contribution < 1.29 is 9.59 Å². The van der Waals surface area contributed by atoms with Crippen molar-refractivity contribution in [3.63, 3.8) is 0 Å². The standard InChI is InChI=1S/C25H31N3O2/c1-19-17-21(7-12-24(19)29)25(30)26-22-8-10-23(11-9-22)28-15-13-27(14-16-28)18-20-5-3-2-4-6-20/h2-6,8-11,19,21H,7,12-18H2,1H3,(H,26,30). The van der Waals surface area contributed by atoms with E-state index in [0.717, 1.165) is 38.4 Å². The van der Waals surface area contributed by atoms with E-state index < -0.39 is 0 Å². The minimum absolute atomic E-state index is 0.00238. The van der Waals surface area contributed by atoms with E-state index in [-0.39, 0.29) is 23.5 Å². The van der Waals surface area contributed by atoms with Crippen LogP contribution >= 0.6 is 0 Å². The second-order valence-electron chi connectivity index (χ2n) is 8.62. The number of ketones is 1. The van der Waals surface area contributed by atoms with Crippen molar-refractivity contribution in [3.8, 4) is 0 Å². The molecule has 1 saturated carbocycles. The van der Waals surface area contributed by atoms with Crippen LogP contribution in [0.15, 0.2) is 54.6 Å². The van der Waals surface area contributed by atoms with Crippen molar-refractivity contribution in [2.75, 3.05) is 36.4 Å². The highest BCUT2D eigenvalue weighted by Gasteiger charge is 2.30. The van der Waals surface area contributed by atoms with Gasteiger partial charge in [0.2, 0.25) is 5.91 Å². The number of hydrogen-bond donors (Lipinski definition) is 1. The highest BCUT2D eigenvalue weighted by molar-refractivity contribution is 5.94. The van der Waals surface area contributed by atoms with Crippen molar-refractivity contribution in [2.24, 2.45) is 11.8 Å². The molecule has 4 rings (SSSR count). The molecule has 1 aliphatic heterocycles. The molecule has 2 aromatic rings. The van der Waals surface area contributed by atoms with Gasteiger partial charge in [-0.15, -0.1) is 0 Å². The summed E-state index contributed by atoms with van der Waals surface area (Å²) >= 11 is 0. The van der Waals surface area contributed by atoms with Crippen LogP contribution in [-0.4, -0.2) is 42.8 Å². The maximum Gasteiger partial charge on any atom is 0.227 e. The van der Waals surface area contributed by atoms with Crippen molar-refractivity contribution in [2.45, 2.75) is 32.7 Å². The number of anilines is 2. The van der Waals surface area contributed by atoms with Gasteiger partial charge >= 0.3 is 0 Å². The summed E-state index contributed by atoms with van der Waals surface area (Å²) in [7, 11) is 0. The Balaban J connectivity index is 1.27. The van der Waals surface area contributed by atoms with Crippen LogP contribution in [0.2, 0.25) is 0 Å². The van der Waals surface area contributed by atoms with Gasteiger partial charge in [0.25, 0.3) is 0 Å². The molecule has 1 amide bonds. The maximum atomic E-state index is 12.6. The van der Waals surface area contributed by atoms with Crippen molar-refractivity contribution in [1.82, 2.24) is 4.90 Å². The molecule has 2 aromatic carbocycles. The van der Waals surface area contributed by atoms with Crippen molar-refractivity contribution >= 4 is 23.1 Å². The van der Waals surface area contributed by atoms with Gasteiger partial charge in [-0.2, -0.15) is 0 Å². The van der Waals surface area contributed by atoms with E-state index in [1.165, 1.54) is 11.3 Å². The number of carbonyl (C=O) groups is 2. The lowest BCUT2D eigenvalue weighted by atomic mass is 9.81. The number of Topliss-reactive ketones (excluding diaryl/α,β-unsaturated/α-hetero) is 1. The van der Waals surface area contributed by atoms with Gasteiger partial charge in [0.1, 0.15) is 5.78 Å². The molecule has 1 N–H and O–H groups in total. The van der Waals surface area contributed by atoms with Crippen LogP contribution < -0.4 is 10.2 Å². The lowest BCUT2D eigenvalue weighted by Crippen LogP contribution is -2.45. The molecule has 2 unspecified atom stereocenters. The van der Waals surface area contributed by atoms with E-state index in [2.05, 4.69) is 57.6 Å². The van der Waals surface area contributed by atoms with E-state index in [1.807, 2.05) is 19.1 Å². The number of nitrogens with one attached hydrogen (secondary N) is 1. The fraction of sp³-hybridized carbons (Fsp3) is 0.440. The van der Waals surface area contributed by atoms with Gasteiger partial charge in [0, 0.05) is 62.4 Å². The van der Waals surface area contributed by atoms with Crippen LogP contribution in [0.4, 0.5) is 11.4 Å². The molecule has 1 heterocycles. The van der Waals surface area contributed by atoms with E-state index in [9.17, 15) is 9.59 Å². The maximum absolute atomic E-state index is 12.6. The Bertz CT molecular complexity index is 858. The second-order valence-corrected chi connectivity index (χ2v) is 8.62. The average molecular weight is 406 g/mol. The minimum atomic E-state index is -0.0601. The number of hydrogen-bond acceptors (Lipinski definition) is 4. The van der Waals surface area contributed by atoms with E-state index >= 15 is 0 Å². The fourth-order valence-corrected chi connectivity index (χ4v) is 4.48. The third-order valence-electron chi connectivity index (χ3n) is 6.42. The molecule has 0 bridgehead atoms. The first-order valence-corrected chi connectivity index (χ1v) is 11.0. The summed E-state index contributed by atoms with van der Waals surface area (Å²) in [5.41, 5.74) is 3.39. The number of benzene rings is 2. The summed E-state index contributed by atoms with van der Waals surface area (Å²) in [4.78, 5) is 29.1. The predicted octanol–water partition coefficient (Wildman–Crippen LogP) is 3.95. The molecule has 1 saturated heterocycles. The third-order valence-corrected chi connectivity index (χ3v) is 6.42. The summed E-state index contributed by atoms with van der Waals surface area (Å²) in [5, 5.41) is 3.03. The zero-order valence-electron chi connectivity index (χ0n) is 17.7. The first-order valence-electron chi connectivity index (χ1n) is 11.0. The van der Waals surface area contributed by atoms with Gasteiger partial charge in [-0.05, 0) is 42.7 Å². The average Bonchev–Trinajstić information content (AvgIpc) is 2.77. The van der Waals surface area contributed by atoms with Crippen molar-refractivity contribution in [1.29, 1.82) is 0 Å². The normalized spacial score (nSPS) is 22.7. The summed E-state index contributed by atoms with van der Waals surface area (Å²) in [6, 6.07) is 18.8. The van der Waals surface area contributed by atoms with Crippen LogP contribution in [0, 0.1) is 11.8 Å². The van der Waals surface area contributed by atoms with Gasteiger partial charge in [0.05, 0.1) is 0 Å². The number of piperazine rings is 1. The van der Waals surface area contributed by atoms with Gasteiger partial charge in [-0.25, -0.2) is 0 Å². The largest absolute Gasteiger partial charge is 0.369 e. The second kappa shape index (κ2) is 9.43. The minimum Gasteiger partial charge on any atom is -0.369 e. The van der Waals surface area contributed by atoms with Crippen LogP contribution in [-0.2, 0) is 16.1 Å². The van der Waals surface area contributed by atoms with Crippen LogP contribution in [0.25, 0.3) is 0 Å². The molecule has 5 heteroatoms. The van der Waals surface area contributed by atoms with Gasteiger partial charge in [0.15, 0.2) is 0 Å². The molecule has 2 atom stereocenters. The highest BCUT2D eigenvalue weighted by atomic mass is 16.2. The number of nitrogens with zero attached hydrogens (tertiary/aromatic N) is 2. The monoisotopic (exact) mass is 405 g/mol. The SMILES string of the molecule is CC1CC(C(=O)Nc2ccc(N3CCN(Cc4ccccc4)CC3)cc2)CCC1=O. The van der Waals surface area contributed by atoms with E-state index in [4.69, 9.17) is 0 Å². The van der Waals surface area contributed by atoms with Gasteiger partial charge in [-0.3, -0.25) is 14.5 Å². The number of carbonyl (C=O) groups excluding carboxylic acids is 2. The van der Waals surface area contributed by atoms with Gasteiger partial charge in [-0.1, -0.05) is 37.3 Å². The van der Waals surface area contributed by atoms with Gasteiger partial charge < -0.3 is 10.2 Å². The highest BCUT2D eigenvalue weighted by Crippen LogP contribution is 2.28. The smallest absolute Gasteiger partial charge is 0.227 e. The quantitative estimate of drug-likeness (QED) is 0.818. The Kier molecular flexibility index (Phi) is 6.48. The third kappa shape index (κ3) is 5.08. The van der Waals surface area contributed by atoms with Crippen LogP contribution in [0.3, 0.4) is 0 Å². The first-order chi connectivity index (χ1) is 14.6. The van der Waals surface area contributed by atoms with Crippen LogP contribution in [0.1, 0.15) is 31.7 Å². The molecule has 0 spiro atoms. The molecule has 158 valence electrons. The zero-order valence-corrected chi connectivity index (χ0v) is 17.7. The number of amides is 1. The molecule has 5 nitrogen and oxygen atoms in total. The summed E-state index contributed by atoms with van der Waals surface area (Å²) in [6.45, 7) is 7.04. The summed E-state index contributed by atoms with van der Waals surface area (Å²) in [6.07, 6.45) is 1.85. The first kappa shape index (κ1) is 20.6. The summed E-state index contributed by atoms with van der Waals surface area (Å²) < 4.78 is 0. The Morgan fingerprint density at radius 3 is 2.37 bits per heavy atom. The van der Waals surface area contributed by atoms with E-state index in [1.54, 1.807) is 0 Å². The lowest BCUT2D eigenvalue weighted by Gasteiger charge is -2.36. The Hall–Kier alpha value is -2.66. The molecule has 2 fully saturated rings. The van der Waals surface area contributed by atoms with Crippen LogP contribution in [0.5, 0.6) is 0 Å². The molecule has 0 radical (unpaired) electrons. The Morgan fingerprint density at radius 1 is 1.00 bits per heavy atom. The van der Waals surface area contributed by atoms with Crippen molar-refractivity contribution in [3.05, 3.63) is 60.2 Å². The summed E-state index contributed by atoms with van der Waals surface area (Å²) in [5.74, 6) is 0.261.